The zero-order valence-electron chi connectivity index (χ0n) is 6.18. The van der Waals surface area contributed by atoms with Gasteiger partial charge in [0.05, 0.1) is 0 Å². The molecular formula is C7H9ClN2O2. The van der Waals surface area contributed by atoms with Crippen molar-refractivity contribution in [2.45, 2.75) is 6.04 Å². The topological polar surface area (TPSA) is 76.2 Å². The lowest BCUT2D eigenvalue weighted by Crippen LogP contribution is -2.20. The standard InChI is InChI=1S/C7H8N2O2.ClH/c8-6(7(10)11)5-2-1-3-9-4-5;/h1-4,6H,8H2,(H,10,11);1H/t6-;/m0./s1. The van der Waals surface area contributed by atoms with Gasteiger partial charge in [0.25, 0.3) is 0 Å². The summed E-state index contributed by atoms with van der Waals surface area (Å²) in [7, 11) is 0. The van der Waals surface area contributed by atoms with E-state index in [0.29, 0.717) is 5.56 Å². The second kappa shape index (κ2) is 4.69. The van der Waals surface area contributed by atoms with Crippen LogP contribution in [0.25, 0.3) is 0 Å². The number of rotatable bonds is 2. The lowest BCUT2D eigenvalue weighted by Gasteiger charge is -2.03. The predicted molar refractivity (Wildman–Crippen MR) is 46.0 cm³/mol. The molecule has 0 fully saturated rings. The summed E-state index contributed by atoms with van der Waals surface area (Å²) in [4.78, 5) is 14.1. The van der Waals surface area contributed by atoms with Gasteiger partial charge in [-0.15, -0.1) is 12.4 Å². The summed E-state index contributed by atoms with van der Waals surface area (Å²) >= 11 is 0. The molecule has 5 heteroatoms. The number of carbonyl (C=O) groups is 1. The fourth-order valence-corrected chi connectivity index (χ4v) is 0.703. The monoisotopic (exact) mass is 188 g/mol. The van der Waals surface area contributed by atoms with Crippen LogP contribution < -0.4 is 5.73 Å². The van der Waals surface area contributed by atoms with Crippen LogP contribution in [0, 0.1) is 0 Å². The average Bonchev–Trinajstić information content (AvgIpc) is 2.05. The first-order chi connectivity index (χ1) is 5.22. The van der Waals surface area contributed by atoms with Crippen molar-refractivity contribution in [2.24, 2.45) is 5.73 Å². The highest BCUT2D eigenvalue weighted by atomic mass is 35.5. The first kappa shape index (κ1) is 10.9. The lowest BCUT2D eigenvalue weighted by molar-refractivity contribution is -0.138. The maximum absolute atomic E-state index is 10.3. The minimum Gasteiger partial charge on any atom is -0.480 e. The Morgan fingerprint density at radius 1 is 1.67 bits per heavy atom. The van der Waals surface area contributed by atoms with Gasteiger partial charge in [0.1, 0.15) is 6.04 Å². The quantitative estimate of drug-likeness (QED) is 0.712. The van der Waals surface area contributed by atoms with Crippen molar-refractivity contribution in [3.63, 3.8) is 0 Å². The van der Waals surface area contributed by atoms with Gasteiger partial charge in [0.2, 0.25) is 0 Å². The highest BCUT2D eigenvalue weighted by Crippen LogP contribution is 2.06. The molecule has 4 nitrogen and oxygen atoms in total. The van der Waals surface area contributed by atoms with Crippen LogP contribution in [0.3, 0.4) is 0 Å². The van der Waals surface area contributed by atoms with Crippen LogP contribution in [-0.2, 0) is 4.79 Å². The number of hydrogen-bond acceptors (Lipinski definition) is 3. The molecule has 1 atom stereocenters. The second-order valence-electron chi connectivity index (χ2n) is 2.10. The molecule has 1 rings (SSSR count). The molecular weight excluding hydrogens is 180 g/mol. The Bertz CT molecular complexity index is 253. The van der Waals surface area contributed by atoms with Crippen LogP contribution in [-0.4, -0.2) is 16.1 Å². The molecule has 0 aliphatic rings. The number of hydrogen-bond donors (Lipinski definition) is 2. The molecule has 0 radical (unpaired) electrons. The van der Waals surface area contributed by atoms with Crippen LogP contribution >= 0.6 is 12.4 Å². The van der Waals surface area contributed by atoms with E-state index in [1.54, 1.807) is 18.3 Å². The Morgan fingerprint density at radius 3 is 2.75 bits per heavy atom. The third-order valence-electron chi connectivity index (χ3n) is 1.31. The van der Waals surface area contributed by atoms with Crippen LogP contribution in [0.5, 0.6) is 0 Å². The molecule has 0 saturated carbocycles. The summed E-state index contributed by atoms with van der Waals surface area (Å²) in [6.45, 7) is 0. The maximum Gasteiger partial charge on any atom is 0.325 e. The summed E-state index contributed by atoms with van der Waals surface area (Å²) in [6.07, 6.45) is 3.01. The molecule has 1 aromatic rings. The minimum absolute atomic E-state index is 0. The smallest absolute Gasteiger partial charge is 0.325 e. The van der Waals surface area contributed by atoms with Crippen molar-refractivity contribution in [1.29, 1.82) is 0 Å². The van der Waals surface area contributed by atoms with Crippen molar-refractivity contribution in [3.8, 4) is 0 Å². The number of pyridine rings is 1. The first-order valence-corrected chi connectivity index (χ1v) is 3.10. The Kier molecular flexibility index (Phi) is 4.25. The molecule has 12 heavy (non-hydrogen) atoms. The van der Waals surface area contributed by atoms with Gasteiger partial charge in [0, 0.05) is 12.4 Å². The summed E-state index contributed by atoms with van der Waals surface area (Å²) in [5, 5.41) is 8.48. The molecule has 1 aromatic heterocycles. The van der Waals surface area contributed by atoms with Crippen LogP contribution in [0.4, 0.5) is 0 Å². The summed E-state index contributed by atoms with van der Waals surface area (Å²) < 4.78 is 0. The van der Waals surface area contributed by atoms with E-state index in [1.807, 2.05) is 0 Å². The number of carboxylic acids is 1. The molecule has 0 aromatic carbocycles. The average molecular weight is 189 g/mol. The Labute approximate surface area is 75.8 Å². The van der Waals surface area contributed by atoms with Crippen molar-refractivity contribution < 1.29 is 9.90 Å². The first-order valence-electron chi connectivity index (χ1n) is 3.10. The maximum atomic E-state index is 10.3. The zero-order chi connectivity index (χ0) is 8.27. The van der Waals surface area contributed by atoms with E-state index in [0.717, 1.165) is 0 Å². The highest BCUT2D eigenvalue weighted by Gasteiger charge is 2.12. The zero-order valence-corrected chi connectivity index (χ0v) is 6.99. The number of aliphatic carboxylic acids is 1. The molecule has 0 aliphatic heterocycles. The van der Waals surface area contributed by atoms with E-state index in [2.05, 4.69) is 4.98 Å². The summed E-state index contributed by atoms with van der Waals surface area (Å²) in [6, 6.07) is 2.31. The van der Waals surface area contributed by atoms with Crippen molar-refractivity contribution in [3.05, 3.63) is 30.1 Å². The van der Waals surface area contributed by atoms with Crippen molar-refractivity contribution in [1.82, 2.24) is 4.98 Å². The molecule has 0 bridgehead atoms. The van der Waals surface area contributed by atoms with Gasteiger partial charge >= 0.3 is 5.97 Å². The predicted octanol–water partition coefficient (Wildman–Crippen LogP) is 0.588. The van der Waals surface area contributed by atoms with Gasteiger partial charge in [-0.3, -0.25) is 9.78 Å². The third-order valence-corrected chi connectivity index (χ3v) is 1.31. The molecule has 66 valence electrons. The SMILES string of the molecule is Cl.N[C@H](C(=O)O)c1cccnc1. The van der Waals surface area contributed by atoms with Crippen LogP contribution in [0.2, 0.25) is 0 Å². The molecule has 0 unspecified atom stereocenters. The lowest BCUT2D eigenvalue weighted by atomic mass is 10.1. The Morgan fingerprint density at radius 2 is 2.33 bits per heavy atom. The largest absolute Gasteiger partial charge is 0.480 e. The minimum atomic E-state index is -1.04. The van der Waals surface area contributed by atoms with Crippen molar-refractivity contribution >= 4 is 18.4 Å². The van der Waals surface area contributed by atoms with Gasteiger partial charge in [-0.1, -0.05) is 6.07 Å². The number of halogens is 1. The fraction of sp³-hybridized carbons (Fsp3) is 0.143. The molecule has 0 amide bonds. The van der Waals surface area contributed by atoms with Gasteiger partial charge < -0.3 is 10.8 Å². The van der Waals surface area contributed by atoms with Gasteiger partial charge in [-0.05, 0) is 11.6 Å². The molecule has 0 saturated heterocycles. The van der Waals surface area contributed by atoms with E-state index in [-0.39, 0.29) is 12.4 Å². The van der Waals surface area contributed by atoms with Gasteiger partial charge in [-0.2, -0.15) is 0 Å². The van der Waals surface area contributed by atoms with E-state index in [1.165, 1.54) is 6.20 Å². The number of aromatic nitrogens is 1. The van der Waals surface area contributed by atoms with Crippen molar-refractivity contribution in [2.75, 3.05) is 0 Å². The fourth-order valence-electron chi connectivity index (χ4n) is 0.703. The summed E-state index contributed by atoms with van der Waals surface area (Å²) in [5.74, 6) is -1.04. The Hall–Kier alpha value is -1.13. The van der Waals surface area contributed by atoms with E-state index in [4.69, 9.17) is 10.8 Å². The number of nitrogens with zero attached hydrogens (tertiary/aromatic N) is 1. The molecule has 0 spiro atoms. The summed E-state index contributed by atoms with van der Waals surface area (Å²) in [5.41, 5.74) is 5.81. The van der Waals surface area contributed by atoms with Crippen LogP contribution in [0.15, 0.2) is 24.5 Å². The third kappa shape index (κ3) is 2.48. The van der Waals surface area contributed by atoms with E-state index < -0.39 is 12.0 Å². The molecule has 0 aliphatic carbocycles. The highest BCUT2D eigenvalue weighted by molar-refractivity contribution is 5.85. The van der Waals surface area contributed by atoms with E-state index >= 15 is 0 Å². The Balaban J connectivity index is 0.00000121. The van der Waals surface area contributed by atoms with Gasteiger partial charge in [0.15, 0.2) is 0 Å². The molecule has 1 heterocycles. The number of carboxylic acid groups (broad SMARTS) is 1. The second-order valence-corrected chi connectivity index (χ2v) is 2.10. The van der Waals surface area contributed by atoms with Crippen LogP contribution in [0.1, 0.15) is 11.6 Å². The molecule has 3 N–H and O–H groups in total. The van der Waals surface area contributed by atoms with E-state index in [9.17, 15) is 4.79 Å². The number of nitrogens with two attached hydrogens (primary N) is 1. The normalized spacial score (nSPS) is 11.4. The van der Waals surface area contributed by atoms with Gasteiger partial charge in [-0.25, -0.2) is 0 Å².